The van der Waals surface area contributed by atoms with Gasteiger partial charge in [0.05, 0.1) is 31.8 Å². The fourth-order valence-electron chi connectivity index (χ4n) is 2.68. The molecule has 0 radical (unpaired) electrons. The molecule has 1 aliphatic rings. The van der Waals surface area contributed by atoms with Crippen LogP contribution in [-0.4, -0.2) is 52.3 Å². The fourth-order valence-corrected chi connectivity index (χ4v) is 3.44. The van der Waals surface area contributed by atoms with Gasteiger partial charge in [-0.25, -0.2) is 18.1 Å². The number of hydrogen-bond donors (Lipinski definition) is 2. The highest BCUT2D eigenvalue weighted by atomic mass is 31.2. The summed E-state index contributed by atoms with van der Waals surface area (Å²) in [6, 6.07) is 0.887. The molecule has 0 bridgehead atoms. The van der Waals surface area contributed by atoms with Gasteiger partial charge in [-0.15, -0.1) is 0 Å². The molecule has 0 aromatic carbocycles. The van der Waals surface area contributed by atoms with Crippen LogP contribution in [0, 0.1) is 5.92 Å². The zero-order valence-corrected chi connectivity index (χ0v) is 17.2. The molecule has 1 aromatic rings. The molecule has 2 N–H and O–H groups in total. The average Bonchev–Trinajstić information content (AvgIpc) is 2.94. The standard InChI is InChI=1S/C16H23F2N2O9P/c1-3-26-13(22)10(2)5-7-27-30(24,25)28-9-11-8-16(17,18)14(29-11)20-6-4-12(21)19-15(20)23/h4,6,10-11,14H,3,5,7-9H2,1-2H3,(H,24,25)(H,19,21,23)/t10-,11+,14-/m1/s1. The van der Waals surface area contributed by atoms with Gasteiger partial charge < -0.3 is 14.4 Å². The number of carbonyl (C=O) groups is 1. The summed E-state index contributed by atoms with van der Waals surface area (Å²) in [7, 11) is -4.59. The number of aromatic amines is 1. The van der Waals surface area contributed by atoms with Gasteiger partial charge in [0, 0.05) is 18.7 Å². The molecular formula is C16H23F2N2O9P. The molecule has 0 saturated carbocycles. The van der Waals surface area contributed by atoms with Crippen molar-refractivity contribution in [3.63, 3.8) is 0 Å². The van der Waals surface area contributed by atoms with Crippen LogP contribution in [0.4, 0.5) is 8.78 Å². The highest BCUT2D eigenvalue weighted by Crippen LogP contribution is 2.46. The van der Waals surface area contributed by atoms with Crippen LogP contribution < -0.4 is 11.2 Å². The van der Waals surface area contributed by atoms with Crippen LogP contribution in [0.25, 0.3) is 0 Å². The predicted octanol–water partition coefficient (Wildman–Crippen LogP) is 1.18. The third kappa shape index (κ3) is 6.54. The fraction of sp³-hybridized carbons (Fsp3) is 0.688. The SMILES string of the molecule is CCOC(=O)[C@H](C)CCOP(=O)(O)OC[C@@H]1CC(F)(F)[C@H](n2ccc(=O)[nH]c2=O)O1. The van der Waals surface area contributed by atoms with E-state index in [1.165, 1.54) is 0 Å². The van der Waals surface area contributed by atoms with Crippen molar-refractivity contribution >= 4 is 13.8 Å². The maximum Gasteiger partial charge on any atom is 0.472 e. The van der Waals surface area contributed by atoms with Crippen LogP contribution in [0.1, 0.15) is 32.9 Å². The van der Waals surface area contributed by atoms with Crippen molar-refractivity contribution in [2.45, 2.75) is 44.9 Å². The number of nitrogens with zero attached hydrogens (tertiary/aromatic N) is 1. The Morgan fingerprint density at radius 3 is 2.80 bits per heavy atom. The summed E-state index contributed by atoms with van der Waals surface area (Å²) in [6.45, 7) is 2.39. The second kappa shape index (κ2) is 9.92. The third-order valence-corrected chi connectivity index (χ3v) is 5.19. The zero-order chi connectivity index (χ0) is 22.5. The molecule has 170 valence electrons. The first kappa shape index (κ1) is 24.4. The lowest BCUT2D eigenvalue weighted by Crippen LogP contribution is -2.37. The number of hydrogen-bond acceptors (Lipinski definition) is 8. The smallest absolute Gasteiger partial charge is 0.466 e. The first-order chi connectivity index (χ1) is 13.9. The van der Waals surface area contributed by atoms with Gasteiger partial charge in [0.25, 0.3) is 11.5 Å². The van der Waals surface area contributed by atoms with E-state index in [9.17, 15) is 32.6 Å². The molecule has 1 fully saturated rings. The summed E-state index contributed by atoms with van der Waals surface area (Å²) in [5.74, 6) is -4.55. The lowest BCUT2D eigenvalue weighted by atomic mass is 10.1. The van der Waals surface area contributed by atoms with Gasteiger partial charge in [0.15, 0.2) is 0 Å². The van der Waals surface area contributed by atoms with E-state index >= 15 is 0 Å². The van der Waals surface area contributed by atoms with Crippen LogP contribution in [-0.2, 0) is 27.9 Å². The average molecular weight is 456 g/mol. The summed E-state index contributed by atoms with van der Waals surface area (Å²) in [5, 5.41) is 0. The number of rotatable bonds is 10. The van der Waals surface area contributed by atoms with Gasteiger partial charge in [0.1, 0.15) is 0 Å². The van der Waals surface area contributed by atoms with E-state index < -0.39 is 62.2 Å². The summed E-state index contributed by atoms with van der Waals surface area (Å²) in [5.41, 5.74) is -1.84. The lowest BCUT2D eigenvalue weighted by Gasteiger charge is -2.19. The Bertz CT molecular complexity index is 903. The predicted molar refractivity (Wildman–Crippen MR) is 96.9 cm³/mol. The van der Waals surface area contributed by atoms with Crippen molar-refractivity contribution < 1.29 is 41.6 Å². The zero-order valence-electron chi connectivity index (χ0n) is 16.3. The van der Waals surface area contributed by atoms with Crippen LogP contribution in [0.2, 0.25) is 0 Å². The quantitative estimate of drug-likeness (QED) is 0.391. The number of phosphoric ester groups is 1. The van der Waals surface area contributed by atoms with E-state index in [2.05, 4.69) is 0 Å². The van der Waals surface area contributed by atoms with Gasteiger partial charge in [0.2, 0.25) is 6.23 Å². The first-order valence-corrected chi connectivity index (χ1v) is 10.6. The maximum absolute atomic E-state index is 14.2. The first-order valence-electron chi connectivity index (χ1n) is 9.08. The largest absolute Gasteiger partial charge is 0.472 e. The van der Waals surface area contributed by atoms with Gasteiger partial charge in [-0.05, 0) is 13.3 Å². The monoisotopic (exact) mass is 456 g/mol. The summed E-state index contributed by atoms with van der Waals surface area (Å²) in [6.07, 6.45) is -3.26. The minimum Gasteiger partial charge on any atom is -0.466 e. The molecule has 30 heavy (non-hydrogen) atoms. The highest BCUT2D eigenvalue weighted by Gasteiger charge is 2.52. The number of carbonyl (C=O) groups excluding carboxylic acids is 1. The van der Waals surface area contributed by atoms with E-state index in [1.807, 2.05) is 4.98 Å². The Morgan fingerprint density at radius 1 is 1.47 bits per heavy atom. The second-order valence-corrected chi connectivity index (χ2v) is 8.09. The van der Waals surface area contributed by atoms with Crippen molar-refractivity contribution in [1.29, 1.82) is 0 Å². The highest BCUT2D eigenvalue weighted by molar-refractivity contribution is 7.47. The molecule has 11 nitrogen and oxygen atoms in total. The molecule has 1 saturated heterocycles. The van der Waals surface area contributed by atoms with Gasteiger partial charge in [-0.1, -0.05) is 6.92 Å². The van der Waals surface area contributed by atoms with Gasteiger partial charge in [-0.2, -0.15) is 0 Å². The van der Waals surface area contributed by atoms with Crippen molar-refractivity contribution in [1.82, 2.24) is 9.55 Å². The molecule has 2 heterocycles. The summed E-state index contributed by atoms with van der Waals surface area (Å²) in [4.78, 5) is 45.8. The molecule has 0 spiro atoms. The Balaban J connectivity index is 1.88. The van der Waals surface area contributed by atoms with Crippen LogP contribution in [0.3, 0.4) is 0 Å². The molecule has 0 aliphatic carbocycles. The minimum atomic E-state index is -4.59. The van der Waals surface area contributed by atoms with E-state index in [-0.39, 0.29) is 19.6 Å². The second-order valence-electron chi connectivity index (χ2n) is 6.63. The number of phosphoric acid groups is 1. The summed E-state index contributed by atoms with van der Waals surface area (Å²) < 4.78 is 60.2. The van der Waals surface area contributed by atoms with E-state index in [0.717, 1.165) is 12.3 Å². The number of aromatic nitrogens is 2. The molecule has 1 aliphatic heterocycles. The Labute approximate surface area is 169 Å². The van der Waals surface area contributed by atoms with E-state index in [4.69, 9.17) is 18.5 Å². The number of H-pyrrole nitrogens is 1. The molecule has 0 amide bonds. The van der Waals surface area contributed by atoms with Crippen LogP contribution in [0.5, 0.6) is 0 Å². The van der Waals surface area contributed by atoms with E-state index in [1.54, 1.807) is 13.8 Å². The van der Waals surface area contributed by atoms with Crippen LogP contribution in [0.15, 0.2) is 21.9 Å². The molecule has 2 rings (SSSR count). The maximum atomic E-state index is 14.2. The minimum absolute atomic E-state index is 0.0853. The number of ether oxygens (including phenoxy) is 2. The number of alkyl halides is 2. The Kier molecular flexibility index (Phi) is 8.06. The van der Waals surface area contributed by atoms with Crippen molar-refractivity contribution in [3.8, 4) is 0 Å². The Hall–Kier alpha value is -1.92. The van der Waals surface area contributed by atoms with Crippen molar-refractivity contribution in [3.05, 3.63) is 33.1 Å². The lowest BCUT2D eigenvalue weighted by molar-refractivity contribution is -0.147. The normalized spacial score (nSPS) is 23.6. The molecule has 4 atom stereocenters. The van der Waals surface area contributed by atoms with Crippen LogP contribution >= 0.6 is 7.82 Å². The molecule has 1 unspecified atom stereocenters. The topological polar surface area (TPSA) is 146 Å². The number of esters is 1. The molecular weight excluding hydrogens is 433 g/mol. The Morgan fingerprint density at radius 2 is 2.17 bits per heavy atom. The molecule has 14 heteroatoms. The summed E-state index contributed by atoms with van der Waals surface area (Å²) >= 11 is 0. The van der Waals surface area contributed by atoms with E-state index in [0.29, 0.717) is 4.57 Å². The molecule has 1 aromatic heterocycles. The third-order valence-electron chi connectivity index (χ3n) is 4.20. The van der Waals surface area contributed by atoms with Gasteiger partial charge in [-0.3, -0.25) is 28.2 Å². The van der Waals surface area contributed by atoms with Gasteiger partial charge >= 0.3 is 19.5 Å². The number of halogens is 2. The van der Waals surface area contributed by atoms with Crippen molar-refractivity contribution in [2.75, 3.05) is 19.8 Å². The number of nitrogens with one attached hydrogen (secondary N) is 1. The van der Waals surface area contributed by atoms with Crippen molar-refractivity contribution in [2.24, 2.45) is 5.92 Å².